The number of rotatable bonds is 7. The Morgan fingerprint density at radius 2 is 1.67 bits per heavy atom. The van der Waals surface area contributed by atoms with E-state index < -0.39 is 12.6 Å². The average Bonchev–Trinajstić information content (AvgIpc) is 3.52. The van der Waals surface area contributed by atoms with Crippen LogP contribution in [0.2, 0.25) is 0 Å². The van der Waals surface area contributed by atoms with Crippen molar-refractivity contribution in [2.45, 2.75) is 44.1 Å². The molecule has 0 radical (unpaired) electrons. The van der Waals surface area contributed by atoms with Crippen molar-refractivity contribution in [1.29, 1.82) is 0 Å². The van der Waals surface area contributed by atoms with E-state index in [-0.39, 0.29) is 11.3 Å². The van der Waals surface area contributed by atoms with Crippen LogP contribution in [0.15, 0.2) is 36.4 Å². The molecule has 0 unspecified atom stereocenters. The van der Waals surface area contributed by atoms with Crippen molar-refractivity contribution in [1.82, 2.24) is 0 Å². The van der Waals surface area contributed by atoms with Gasteiger partial charge in [-0.3, -0.25) is 0 Å². The molecule has 2 aromatic carbocycles. The number of anilines is 2. The van der Waals surface area contributed by atoms with E-state index in [1.165, 1.54) is 48.9 Å². The molecule has 6 heteroatoms. The van der Waals surface area contributed by atoms with Crippen LogP contribution in [0, 0.1) is 0 Å². The van der Waals surface area contributed by atoms with E-state index in [9.17, 15) is 13.6 Å². The topological polar surface area (TPSA) is 49.8 Å². The Morgan fingerprint density at radius 1 is 1.07 bits per heavy atom. The lowest BCUT2D eigenvalue weighted by Crippen LogP contribution is -2.14. The van der Waals surface area contributed by atoms with Gasteiger partial charge in [0.25, 0.3) is 0 Å². The number of carbonyl (C=O) groups is 1. The molecule has 4 rings (SSSR count). The summed E-state index contributed by atoms with van der Waals surface area (Å²) in [4.78, 5) is 13.0. The molecule has 0 aliphatic heterocycles. The van der Waals surface area contributed by atoms with E-state index >= 15 is 0 Å². The van der Waals surface area contributed by atoms with E-state index in [1.807, 2.05) is 0 Å². The van der Waals surface area contributed by atoms with Gasteiger partial charge in [0.1, 0.15) is 0 Å². The van der Waals surface area contributed by atoms with Gasteiger partial charge in [-0.2, -0.15) is 8.78 Å². The molecular formula is C21H21F2NO3. The Bertz CT molecular complexity index is 845. The van der Waals surface area contributed by atoms with Crippen molar-refractivity contribution in [3.63, 3.8) is 0 Å². The molecule has 0 aromatic heterocycles. The molecule has 0 heterocycles. The third kappa shape index (κ3) is 3.89. The van der Waals surface area contributed by atoms with Crippen molar-refractivity contribution in [2.24, 2.45) is 0 Å². The maximum absolute atomic E-state index is 12.9. The molecule has 2 fully saturated rings. The summed E-state index contributed by atoms with van der Waals surface area (Å²) in [5.74, 6) is -0.156. The van der Waals surface area contributed by atoms with Crippen molar-refractivity contribution in [2.75, 3.05) is 11.9 Å². The predicted octanol–water partition coefficient (Wildman–Crippen LogP) is 5.51. The number of halogens is 2. The minimum absolute atomic E-state index is 0.0896. The third-order valence-electron chi connectivity index (χ3n) is 5.23. The average molecular weight is 373 g/mol. The zero-order valence-corrected chi connectivity index (χ0v) is 15.0. The number of ether oxygens (including phenoxy) is 1. The van der Waals surface area contributed by atoms with Crippen molar-refractivity contribution in [3.8, 4) is 5.75 Å². The molecule has 1 N–H and O–H groups in total. The lowest BCUT2D eigenvalue weighted by atomic mass is 10.0. The standard InChI is InChI=1S/C21H21F2NO3/c1-24(18-7-6-14(20(25)26)11-19(18)27-21(22)23)17-9-15(12-2-3-12)8-16(10-17)13-4-5-13/h6-13,21H,2-5H2,1H3,(H,25,26). The summed E-state index contributed by atoms with van der Waals surface area (Å²) in [5.41, 5.74) is 3.81. The third-order valence-corrected chi connectivity index (χ3v) is 5.23. The molecule has 2 aliphatic rings. The first-order valence-electron chi connectivity index (χ1n) is 9.13. The molecule has 27 heavy (non-hydrogen) atoms. The van der Waals surface area contributed by atoms with Crippen LogP contribution in [0.4, 0.5) is 20.2 Å². The Labute approximate surface area is 156 Å². The van der Waals surface area contributed by atoms with Crippen molar-refractivity contribution < 1.29 is 23.4 Å². The minimum atomic E-state index is -3.03. The largest absolute Gasteiger partial charge is 0.478 e. The number of hydrogen-bond donors (Lipinski definition) is 1. The second-order valence-corrected chi connectivity index (χ2v) is 7.33. The van der Waals surface area contributed by atoms with Crippen LogP contribution >= 0.6 is 0 Å². The lowest BCUT2D eigenvalue weighted by Gasteiger charge is -2.24. The fraction of sp³-hybridized carbons (Fsp3) is 0.381. The molecule has 2 aromatic rings. The molecule has 0 saturated heterocycles. The van der Waals surface area contributed by atoms with E-state index in [0.717, 1.165) is 11.8 Å². The van der Waals surface area contributed by atoms with E-state index in [4.69, 9.17) is 5.11 Å². The van der Waals surface area contributed by atoms with E-state index in [0.29, 0.717) is 17.5 Å². The van der Waals surface area contributed by atoms with Crippen LogP contribution in [0.25, 0.3) is 0 Å². The first-order valence-corrected chi connectivity index (χ1v) is 9.13. The molecule has 2 aliphatic carbocycles. The zero-order chi connectivity index (χ0) is 19.1. The van der Waals surface area contributed by atoms with Gasteiger partial charge in [-0.15, -0.1) is 0 Å². The van der Waals surface area contributed by atoms with Crippen LogP contribution in [-0.2, 0) is 0 Å². The van der Waals surface area contributed by atoms with Gasteiger partial charge < -0.3 is 14.7 Å². The first-order chi connectivity index (χ1) is 12.9. The molecule has 0 atom stereocenters. The van der Waals surface area contributed by atoms with Crippen LogP contribution in [0.5, 0.6) is 5.75 Å². The molecule has 142 valence electrons. The zero-order valence-electron chi connectivity index (χ0n) is 15.0. The summed E-state index contributed by atoms with van der Waals surface area (Å²) in [7, 11) is 1.79. The number of aromatic carboxylic acids is 1. The van der Waals surface area contributed by atoms with Crippen LogP contribution in [0.3, 0.4) is 0 Å². The van der Waals surface area contributed by atoms with E-state index in [1.54, 1.807) is 11.9 Å². The van der Waals surface area contributed by atoms with Crippen molar-refractivity contribution in [3.05, 3.63) is 53.1 Å². The highest BCUT2D eigenvalue weighted by atomic mass is 19.3. The lowest BCUT2D eigenvalue weighted by molar-refractivity contribution is -0.0495. The van der Waals surface area contributed by atoms with Gasteiger partial charge in [0.05, 0.1) is 11.3 Å². The summed E-state index contributed by atoms with van der Waals surface area (Å²) in [6.07, 6.45) is 4.74. The number of carboxylic acids is 1. The Hall–Kier alpha value is -2.63. The highest BCUT2D eigenvalue weighted by Gasteiger charge is 2.29. The van der Waals surface area contributed by atoms with Gasteiger partial charge in [0, 0.05) is 12.7 Å². The second-order valence-electron chi connectivity index (χ2n) is 7.33. The molecule has 2 saturated carbocycles. The predicted molar refractivity (Wildman–Crippen MR) is 98.5 cm³/mol. The fourth-order valence-electron chi connectivity index (χ4n) is 3.41. The van der Waals surface area contributed by atoms with Crippen LogP contribution in [0.1, 0.15) is 59.0 Å². The highest BCUT2D eigenvalue weighted by Crippen LogP contribution is 2.47. The van der Waals surface area contributed by atoms with Gasteiger partial charge in [-0.05, 0) is 79.0 Å². The SMILES string of the molecule is CN(c1cc(C2CC2)cc(C2CC2)c1)c1ccc(C(=O)O)cc1OC(F)F. The molecular weight excluding hydrogens is 352 g/mol. The van der Waals surface area contributed by atoms with Gasteiger partial charge in [0.15, 0.2) is 5.75 Å². The first kappa shape index (κ1) is 17.8. The molecule has 0 spiro atoms. The summed E-state index contributed by atoms with van der Waals surface area (Å²) < 4.78 is 30.4. The molecule has 0 bridgehead atoms. The van der Waals surface area contributed by atoms with Crippen molar-refractivity contribution >= 4 is 17.3 Å². The number of carboxylic acid groups (broad SMARTS) is 1. The van der Waals surface area contributed by atoms with Crippen LogP contribution in [-0.4, -0.2) is 24.7 Å². The molecule has 4 nitrogen and oxygen atoms in total. The number of nitrogens with zero attached hydrogens (tertiary/aromatic N) is 1. The van der Waals surface area contributed by atoms with Gasteiger partial charge in [0.2, 0.25) is 0 Å². The quantitative estimate of drug-likeness (QED) is 0.695. The Kier molecular flexibility index (Phi) is 4.50. The Balaban J connectivity index is 1.73. The minimum Gasteiger partial charge on any atom is -0.478 e. The number of benzene rings is 2. The van der Waals surface area contributed by atoms with Gasteiger partial charge in [-0.25, -0.2) is 4.79 Å². The smallest absolute Gasteiger partial charge is 0.387 e. The summed E-state index contributed by atoms with van der Waals surface area (Å²) >= 11 is 0. The number of hydrogen-bond acceptors (Lipinski definition) is 3. The van der Waals surface area contributed by atoms with E-state index in [2.05, 4.69) is 22.9 Å². The van der Waals surface area contributed by atoms with Crippen LogP contribution < -0.4 is 9.64 Å². The summed E-state index contributed by atoms with van der Waals surface area (Å²) in [5, 5.41) is 9.14. The fourth-order valence-corrected chi connectivity index (χ4v) is 3.41. The summed E-state index contributed by atoms with van der Waals surface area (Å²) in [6, 6.07) is 10.5. The normalized spacial score (nSPS) is 16.4. The van der Waals surface area contributed by atoms with Gasteiger partial charge >= 0.3 is 12.6 Å². The maximum Gasteiger partial charge on any atom is 0.387 e. The monoisotopic (exact) mass is 373 g/mol. The Morgan fingerprint density at radius 3 is 2.15 bits per heavy atom. The highest BCUT2D eigenvalue weighted by molar-refractivity contribution is 5.89. The maximum atomic E-state index is 12.9. The number of alkyl halides is 2. The molecule has 0 amide bonds. The second kappa shape index (κ2) is 6.83. The summed E-state index contributed by atoms with van der Waals surface area (Å²) in [6.45, 7) is -3.03. The van der Waals surface area contributed by atoms with Gasteiger partial charge in [-0.1, -0.05) is 6.07 Å².